The molecule has 0 atom stereocenters. The van der Waals surface area contributed by atoms with Crippen LogP contribution in [0.15, 0.2) is 30.5 Å². The van der Waals surface area contributed by atoms with Gasteiger partial charge in [0.2, 0.25) is 5.91 Å². The number of aromatic nitrogens is 2. The lowest BCUT2D eigenvalue weighted by molar-refractivity contribution is -0.134. The van der Waals surface area contributed by atoms with E-state index in [0.717, 1.165) is 53.4 Å². The van der Waals surface area contributed by atoms with E-state index in [-0.39, 0.29) is 5.91 Å². The Bertz CT molecular complexity index is 1130. The molecule has 2 aliphatic rings. The van der Waals surface area contributed by atoms with Crippen molar-refractivity contribution < 1.29 is 18.0 Å². The molecule has 1 fully saturated rings. The van der Waals surface area contributed by atoms with Crippen LogP contribution in [0.4, 0.5) is 13.2 Å². The molecule has 3 aromatic heterocycles. The Morgan fingerprint density at radius 3 is 2.72 bits per heavy atom. The van der Waals surface area contributed by atoms with Crippen molar-refractivity contribution in [3.05, 3.63) is 51.5 Å². The summed E-state index contributed by atoms with van der Waals surface area (Å²) in [5.41, 5.74) is 2.95. The van der Waals surface area contributed by atoms with E-state index in [4.69, 9.17) is 0 Å². The van der Waals surface area contributed by atoms with Gasteiger partial charge in [-0.2, -0.15) is 13.2 Å². The van der Waals surface area contributed by atoms with Crippen molar-refractivity contribution in [2.45, 2.75) is 64.2 Å². The highest BCUT2D eigenvalue weighted by atomic mass is 32.1. The summed E-state index contributed by atoms with van der Waals surface area (Å²) in [5.74, 6) is 0.680. The summed E-state index contributed by atoms with van der Waals surface area (Å²) in [6.07, 6.45) is 4.69. The van der Waals surface area contributed by atoms with Crippen molar-refractivity contribution in [2.24, 2.45) is 5.92 Å². The SMILES string of the molecule is O=C(CC1CCCCC1)N1CCc2c(n(Cc3ccc(C(F)(F)F)s3)c3ncccc23)C1. The highest BCUT2D eigenvalue weighted by Crippen LogP contribution is 2.37. The molecule has 8 heteroatoms. The Morgan fingerprint density at radius 1 is 1.16 bits per heavy atom. The van der Waals surface area contributed by atoms with Crippen molar-refractivity contribution in [1.82, 2.24) is 14.5 Å². The molecule has 4 heterocycles. The molecular formula is C24H26F3N3OS. The monoisotopic (exact) mass is 461 g/mol. The molecular weight excluding hydrogens is 435 g/mol. The molecule has 0 saturated heterocycles. The van der Waals surface area contributed by atoms with E-state index in [2.05, 4.69) is 4.98 Å². The molecule has 0 N–H and O–H groups in total. The summed E-state index contributed by atoms with van der Waals surface area (Å²) in [7, 11) is 0. The first-order chi connectivity index (χ1) is 15.4. The van der Waals surface area contributed by atoms with Gasteiger partial charge in [-0.25, -0.2) is 4.98 Å². The highest BCUT2D eigenvalue weighted by molar-refractivity contribution is 7.12. The van der Waals surface area contributed by atoms with Crippen LogP contribution in [0.3, 0.4) is 0 Å². The Kier molecular flexibility index (Phi) is 5.73. The molecule has 0 spiro atoms. The number of rotatable bonds is 4. The molecule has 1 amide bonds. The van der Waals surface area contributed by atoms with E-state index < -0.39 is 11.1 Å². The van der Waals surface area contributed by atoms with Crippen LogP contribution in [-0.4, -0.2) is 26.9 Å². The van der Waals surface area contributed by atoms with Gasteiger partial charge >= 0.3 is 6.18 Å². The van der Waals surface area contributed by atoms with Crippen LogP contribution in [-0.2, 0) is 30.5 Å². The number of alkyl halides is 3. The Balaban J connectivity index is 1.43. The van der Waals surface area contributed by atoms with Gasteiger partial charge < -0.3 is 9.47 Å². The lowest BCUT2D eigenvalue weighted by Crippen LogP contribution is -2.37. The number of amides is 1. The minimum absolute atomic E-state index is 0.197. The first kappa shape index (κ1) is 21.5. The fraction of sp³-hybridized carbons (Fsp3) is 0.500. The molecule has 0 bridgehead atoms. The molecule has 0 unspecified atom stereocenters. The van der Waals surface area contributed by atoms with E-state index in [1.807, 2.05) is 21.6 Å². The van der Waals surface area contributed by atoms with Gasteiger partial charge in [-0.15, -0.1) is 11.3 Å². The Morgan fingerprint density at radius 2 is 1.97 bits per heavy atom. The largest absolute Gasteiger partial charge is 0.425 e. The molecule has 5 rings (SSSR count). The summed E-state index contributed by atoms with van der Waals surface area (Å²) < 4.78 is 41.3. The van der Waals surface area contributed by atoms with Crippen molar-refractivity contribution in [1.29, 1.82) is 0 Å². The molecule has 0 aromatic carbocycles. The quantitative estimate of drug-likeness (QED) is 0.477. The zero-order valence-electron chi connectivity index (χ0n) is 17.8. The van der Waals surface area contributed by atoms with Gasteiger partial charge in [-0.3, -0.25) is 4.79 Å². The average Bonchev–Trinajstić information content (AvgIpc) is 3.38. The number of thiophene rings is 1. The van der Waals surface area contributed by atoms with E-state index >= 15 is 0 Å². The standard InChI is InChI=1S/C24H26F3N3OS/c25-24(26,27)21-9-8-17(32-21)14-30-20-15-29(22(31)13-16-5-2-1-3-6-16)12-10-18(20)19-7-4-11-28-23(19)30/h4,7-9,11,16H,1-3,5-6,10,12-15H2. The van der Waals surface area contributed by atoms with Gasteiger partial charge in [0, 0.05) is 35.1 Å². The van der Waals surface area contributed by atoms with Crippen LogP contribution in [0.1, 0.15) is 59.5 Å². The third-order valence-electron chi connectivity index (χ3n) is 6.81. The van der Waals surface area contributed by atoms with Gasteiger partial charge in [0.1, 0.15) is 10.5 Å². The number of hydrogen-bond donors (Lipinski definition) is 0. The summed E-state index contributed by atoms with van der Waals surface area (Å²) in [6.45, 7) is 1.51. The lowest BCUT2D eigenvalue weighted by Gasteiger charge is -2.30. The van der Waals surface area contributed by atoms with Gasteiger partial charge in [-0.1, -0.05) is 19.3 Å². The van der Waals surface area contributed by atoms with Crippen molar-refractivity contribution in [3.8, 4) is 0 Å². The fourth-order valence-corrected chi connectivity index (χ4v) is 6.05. The number of pyridine rings is 1. The van der Waals surface area contributed by atoms with E-state index in [1.165, 1.54) is 24.8 Å². The molecule has 1 aliphatic carbocycles. The second-order valence-electron chi connectivity index (χ2n) is 8.92. The summed E-state index contributed by atoms with van der Waals surface area (Å²) in [5, 5.41) is 1.04. The van der Waals surface area contributed by atoms with Crippen molar-refractivity contribution >= 4 is 28.3 Å². The number of hydrogen-bond acceptors (Lipinski definition) is 3. The second-order valence-corrected chi connectivity index (χ2v) is 10.1. The maximum atomic E-state index is 13.1. The maximum Gasteiger partial charge on any atom is 0.425 e. The van der Waals surface area contributed by atoms with Gasteiger partial charge in [-0.05, 0) is 55.0 Å². The molecule has 0 radical (unpaired) electrons. The molecule has 3 aromatic rings. The fourth-order valence-electron chi connectivity index (χ4n) is 5.18. The zero-order chi connectivity index (χ0) is 22.3. The normalized spacial score (nSPS) is 17.7. The topological polar surface area (TPSA) is 38.1 Å². The van der Waals surface area contributed by atoms with Crippen LogP contribution in [0.2, 0.25) is 0 Å². The Hall–Kier alpha value is -2.35. The summed E-state index contributed by atoms with van der Waals surface area (Å²) in [6, 6.07) is 6.60. The third-order valence-corrected chi connectivity index (χ3v) is 7.92. The second kappa shape index (κ2) is 8.54. The van der Waals surface area contributed by atoms with Gasteiger partial charge in [0.15, 0.2) is 0 Å². The molecule has 170 valence electrons. The molecule has 32 heavy (non-hydrogen) atoms. The molecule has 1 saturated carbocycles. The Labute approximate surface area is 189 Å². The van der Waals surface area contributed by atoms with E-state index in [1.54, 1.807) is 12.3 Å². The van der Waals surface area contributed by atoms with Crippen LogP contribution < -0.4 is 0 Å². The van der Waals surface area contributed by atoms with E-state index in [9.17, 15) is 18.0 Å². The van der Waals surface area contributed by atoms with Crippen LogP contribution >= 0.6 is 11.3 Å². The maximum absolute atomic E-state index is 13.1. The lowest BCUT2D eigenvalue weighted by atomic mass is 9.86. The molecule has 4 nitrogen and oxygen atoms in total. The number of carbonyl (C=O) groups excluding carboxylic acids is 1. The van der Waals surface area contributed by atoms with E-state index in [0.29, 0.717) is 36.9 Å². The number of nitrogens with zero attached hydrogens (tertiary/aromatic N) is 3. The zero-order valence-corrected chi connectivity index (χ0v) is 18.6. The van der Waals surface area contributed by atoms with Crippen LogP contribution in [0, 0.1) is 5.92 Å². The first-order valence-corrected chi connectivity index (χ1v) is 12.1. The first-order valence-electron chi connectivity index (χ1n) is 11.3. The average molecular weight is 462 g/mol. The summed E-state index contributed by atoms with van der Waals surface area (Å²) in [4.78, 5) is 19.6. The van der Waals surface area contributed by atoms with Crippen molar-refractivity contribution in [2.75, 3.05) is 6.54 Å². The minimum atomic E-state index is -4.33. The van der Waals surface area contributed by atoms with Crippen molar-refractivity contribution in [3.63, 3.8) is 0 Å². The molecule has 1 aliphatic heterocycles. The van der Waals surface area contributed by atoms with Gasteiger partial charge in [0.05, 0.1) is 13.1 Å². The third kappa shape index (κ3) is 4.17. The minimum Gasteiger partial charge on any atom is -0.337 e. The smallest absolute Gasteiger partial charge is 0.337 e. The number of fused-ring (bicyclic) bond motifs is 3. The van der Waals surface area contributed by atoms with Crippen LogP contribution in [0.25, 0.3) is 11.0 Å². The number of halogens is 3. The van der Waals surface area contributed by atoms with Crippen LogP contribution in [0.5, 0.6) is 0 Å². The summed E-state index contributed by atoms with van der Waals surface area (Å²) >= 11 is 0.774. The highest BCUT2D eigenvalue weighted by Gasteiger charge is 2.33. The number of carbonyl (C=O) groups is 1. The predicted octanol–water partition coefficient (Wildman–Crippen LogP) is 6.02. The van der Waals surface area contributed by atoms with Gasteiger partial charge in [0.25, 0.3) is 0 Å². The predicted molar refractivity (Wildman–Crippen MR) is 118 cm³/mol.